The number of nitrogens with two attached hydrogens (primary N) is 1. The second-order valence-corrected chi connectivity index (χ2v) is 5.36. The Kier molecular flexibility index (Phi) is 3.93. The number of anilines is 1. The zero-order valence-corrected chi connectivity index (χ0v) is 12.1. The fourth-order valence-electron chi connectivity index (χ4n) is 2.22. The highest BCUT2D eigenvalue weighted by atomic mass is 19.1. The number of hydrogen-bond donors (Lipinski definition) is 1. The summed E-state index contributed by atoms with van der Waals surface area (Å²) < 4.78 is 15.7. The van der Waals surface area contributed by atoms with E-state index in [1.807, 2.05) is 13.8 Å². The molecule has 21 heavy (non-hydrogen) atoms. The Labute approximate surface area is 121 Å². The van der Waals surface area contributed by atoms with E-state index >= 15 is 0 Å². The van der Waals surface area contributed by atoms with E-state index in [9.17, 15) is 14.5 Å². The number of nitro groups is 1. The molecule has 0 aliphatic carbocycles. The summed E-state index contributed by atoms with van der Waals surface area (Å²) in [5.74, 6) is 0.139. The third kappa shape index (κ3) is 2.86. The van der Waals surface area contributed by atoms with Crippen LogP contribution in [0.2, 0.25) is 0 Å². The topological polar surface area (TPSA) is 87.0 Å². The Balaban J connectivity index is 2.56. The summed E-state index contributed by atoms with van der Waals surface area (Å²) in [5, 5.41) is 14.9. The fraction of sp³-hybridized carbons (Fsp3) is 0.357. The van der Waals surface area contributed by atoms with Gasteiger partial charge >= 0.3 is 0 Å². The smallest absolute Gasteiger partial charge is 0.272 e. The molecule has 2 aromatic rings. The molecule has 0 spiro atoms. The van der Waals surface area contributed by atoms with Crippen molar-refractivity contribution in [2.75, 3.05) is 5.73 Å². The number of aromatic nitrogens is 2. The Morgan fingerprint density at radius 3 is 2.67 bits per heavy atom. The highest BCUT2D eigenvalue weighted by molar-refractivity contribution is 5.70. The van der Waals surface area contributed by atoms with Crippen molar-refractivity contribution in [3.05, 3.63) is 39.7 Å². The lowest BCUT2D eigenvalue weighted by atomic mass is 9.98. The predicted molar refractivity (Wildman–Crippen MR) is 78.2 cm³/mol. The number of nitrogens with zero attached hydrogens (tertiary/aromatic N) is 3. The molecule has 0 aliphatic rings. The van der Waals surface area contributed by atoms with Crippen LogP contribution < -0.4 is 5.73 Å². The molecule has 7 heteroatoms. The number of non-ortho nitro benzene ring substituents is 1. The molecule has 0 saturated heterocycles. The summed E-state index contributed by atoms with van der Waals surface area (Å²) in [4.78, 5) is 10.0. The van der Waals surface area contributed by atoms with Crippen molar-refractivity contribution in [2.45, 2.75) is 20.3 Å². The van der Waals surface area contributed by atoms with Crippen LogP contribution in [0.1, 0.15) is 19.4 Å². The van der Waals surface area contributed by atoms with Crippen LogP contribution in [0.25, 0.3) is 11.3 Å². The zero-order chi connectivity index (χ0) is 15.7. The highest BCUT2D eigenvalue weighted by Crippen LogP contribution is 2.32. The van der Waals surface area contributed by atoms with Crippen molar-refractivity contribution in [2.24, 2.45) is 13.0 Å². The van der Waals surface area contributed by atoms with E-state index in [-0.39, 0.29) is 11.3 Å². The number of benzene rings is 1. The van der Waals surface area contributed by atoms with Crippen LogP contribution in [0.15, 0.2) is 18.2 Å². The molecule has 1 aromatic heterocycles. The van der Waals surface area contributed by atoms with Crippen molar-refractivity contribution in [3.8, 4) is 11.3 Å². The van der Waals surface area contributed by atoms with Crippen molar-refractivity contribution >= 4 is 11.5 Å². The number of halogens is 1. The third-order valence-electron chi connectivity index (χ3n) is 3.22. The predicted octanol–water partition coefficient (Wildman–Crippen LogP) is 2.92. The van der Waals surface area contributed by atoms with Crippen LogP contribution in [0.4, 0.5) is 15.9 Å². The second-order valence-electron chi connectivity index (χ2n) is 5.36. The van der Waals surface area contributed by atoms with Gasteiger partial charge in [-0.2, -0.15) is 5.10 Å². The van der Waals surface area contributed by atoms with Gasteiger partial charge in [0.2, 0.25) is 0 Å². The number of rotatable bonds is 4. The maximum atomic E-state index is 14.2. The molecule has 112 valence electrons. The van der Waals surface area contributed by atoms with Gasteiger partial charge in [-0.1, -0.05) is 13.8 Å². The van der Waals surface area contributed by atoms with Crippen LogP contribution in [0.3, 0.4) is 0 Å². The summed E-state index contributed by atoms with van der Waals surface area (Å²) in [6, 6.07) is 3.54. The highest BCUT2D eigenvalue weighted by Gasteiger charge is 2.20. The molecule has 1 heterocycles. The molecule has 0 aliphatic heterocycles. The summed E-state index contributed by atoms with van der Waals surface area (Å²) in [6.07, 6.45) is 0.658. The van der Waals surface area contributed by atoms with Gasteiger partial charge in [-0.15, -0.1) is 0 Å². The quantitative estimate of drug-likeness (QED) is 0.693. The molecule has 6 nitrogen and oxygen atoms in total. The van der Waals surface area contributed by atoms with E-state index in [2.05, 4.69) is 5.10 Å². The van der Waals surface area contributed by atoms with Gasteiger partial charge in [-0.3, -0.25) is 14.8 Å². The van der Waals surface area contributed by atoms with E-state index < -0.39 is 10.7 Å². The van der Waals surface area contributed by atoms with Crippen LogP contribution in [-0.2, 0) is 13.5 Å². The minimum absolute atomic E-state index is 0.226. The van der Waals surface area contributed by atoms with Crippen molar-refractivity contribution < 1.29 is 9.31 Å². The molecule has 2 rings (SSSR count). The summed E-state index contributed by atoms with van der Waals surface area (Å²) in [5.41, 5.74) is 7.13. The minimum Gasteiger partial charge on any atom is -0.384 e. The van der Waals surface area contributed by atoms with Crippen molar-refractivity contribution in [1.82, 2.24) is 9.78 Å². The van der Waals surface area contributed by atoms with Gasteiger partial charge in [-0.05, 0) is 18.4 Å². The molecule has 1 aromatic carbocycles. The van der Waals surface area contributed by atoms with Gasteiger partial charge in [0.05, 0.1) is 11.0 Å². The molecule has 0 radical (unpaired) electrons. The Hall–Kier alpha value is -2.44. The molecular formula is C14H17FN4O2. The average Bonchev–Trinajstić information content (AvgIpc) is 2.66. The van der Waals surface area contributed by atoms with Crippen molar-refractivity contribution in [1.29, 1.82) is 0 Å². The van der Waals surface area contributed by atoms with Gasteiger partial charge in [0.15, 0.2) is 0 Å². The molecular weight excluding hydrogens is 275 g/mol. The van der Waals surface area contributed by atoms with Crippen LogP contribution >= 0.6 is 0 Å². The van der Waals surface area contributed by atoms with E-state index in [0.717, 1.165) is 11.6 Å². The number of nitrogen functional groups attached to an aromatic ring is 1. The fourth-order valence-corrected chi connectivity index (χ4v) is 2.22. The first-order valence-electron chi connectivity index (χ1n) is 6.57. The molecule has 0 saturated carbocycles. The Morgan fingerprint density at radius 2 is 2.14 bits per heavy atom. The van der Waals surface area contributed by atoms with Crippen LogP contribution in [0, 0.1) is 21.8 Å². The number of nitro benzene ring substituents is 1. The van der Waals surface area contributed by atoms with Gasteiger partial charge in [0.1, 0.15) is 17.3 Å². The second kappa shape index (κ2) is 5.51. The average molecular weight is 292 g/mol. The summed E-state index contributed by atoms with van der Waals surface area (Å²) in [7, 11) is 1.69. The summed E-state index contributed by atoms with van der Waals surface area (Å²) >= 11 is 0. The first-order valence-corrected chi connectivity index (χ1v) is 6.57. The third-order valence-corrected chi connectivity index (χ3v) is 3.22. The largest absolute Gasteiger partial charge is 0.384 e. The Morgan fingerprint density at radius 1 is 1.48 bits per heavy atom. The number of hydrogen-bond acceptors (Lipinski definition) is 4. The van der Waals surface area contributed by atoms with Crippen molar-refractivity contribution in [3.63, 3.8) is 0 Å². The van der Waals surface area contributed by atoms with E-state index in [1.165, 1.54) is 16.8 Å². The van der Waals surface area contributed by atoms with Gasteiger partial charge in [0, 0.05) is 24.2 Å². The van der Waals surface area contributed by atoms with Gasteiger partial charge < -0.3 is 5.73 Å². The van der Waals surface area contributed by atoms with Crippen LogP contribution in [-0.4, -0.2) is 14.7 Å². The standard InChI is InChI=1S/C14H17FN4O2/c1-8(2)6-11-13(17-18(3)14(11)16)10-5-4-9(19(20)21)7-12(10)15/h4-5,7-8H,6,16H2,1-3H3. The lowest BCUT2D eigenvalue weighted by Gasteiger charge is -2.07. The molecule has 2 N–H and O–H groups in total. The van der Waals surface area contributed by atoms with E-state index in [4.69, 9.17) is 5.73 Å². The lowest BCUT2D eigenvalue weighted by Crippen LogP contribution is -2.02. The molecule has 0 bridgehead atoms. The maximum Gasteiger partial charge on any atom is 0.272 e. The van der Waals surface area contributed by atoms with Gasteiger partial charge in [-0.25, -0.2) is 4.39 Å². The Bertz CT molecular complexity index is 695. The molecule has 0 atom stereocenters. The first-order chi connectivity index (χ1) is 9.81. The normalized spacial score (nSPS) is 11.1. The molecule has 0 amide bonds. The van der Waals surface area contributed by atoms with E-state index in [0.29, 0.717) is 23.9 Å². The summed E-state index contributed by atoms with van der Waals surface area (Å²) in [6.45, 7) is 4.06. The monoisotopic (exact) mass is 292 g/mol. The first kappa shape index (κ1) is 15.0. The SMILES string of the molecule is CC(C)Cc1c(-c2ccc([N+](=O)[O-])cc2F)nn(C)c1N. The van der Waals surface area contributed by atoms with E-state index in [1.54, 1.807) is 7.05 Å². The number of aryl methyl sites for hydroxylation is 1. The lowest BCUT2D eigenvalue weighted by molar-refractivity contribution is -0.385. The minimum atomic E-state index is -0.674. The van der Waals surface area contributed by atoms with Crippen LogP contribution in [0.5, 0.6) is 0 Å². The zero-order valence-electron chi connectivity index (χ0n) is 12.1. The van der Waals surface area contributed by atoms with Gasteiger partial charge in [0.25, 0.3) is 5.69 Å². The molecule has 0 fully saturated rings. The maximum absolute atomic E-state index is 14.2. The molecule has 0 unspecified atom stereocenters.